The maximum atomic E-state index is 4.30. The Morgan fingerprint density at radius 3 is 1.82 bits per heavy atom. The van der Waals surface area contributed by atoms with E-state index >= 15 is 0 Å². The van der Waals surface area contributed by atoms with E-state index in [-0.39, 0.29) is 29.6 Å². The fourth-order valence-corrected chi connectivity index (χ4v) is 2.95. The van der Waals surface area contributed by atoms with Crippen molar-refractivity contribution in [1.82, 2.24) is 0 Å². The van der Waals surface area contributed by atoms with Gasteiger partial charge < -0.3 is 0 Å². The van der Waals surface area contributed by atoms with E-state index in [0.29, 0.717) is 0 Å². The van der Waals surface area contributed by atoms with Crippen LogP contribution in [0.15, 0.2) is 17.0 Å². The molecular weight excluding hydrogens is 508 g/mol. The molecule has 1 aromatic carbocycles. The summed E-state index contributed by atoms with van der Waals surface area (Å²) in [6.45, 7) is 0. The van der Waals surface area contributed by atoms with Crippen LogP contribution >= 0.6 is 80.4 Å². The van der Waals surface area contributed by atoms with E-state index < -0.39 is 0 Å². The van der Waals surface area contributed by atoms with E-state index in [1.54, 1.807) is 0 Å². The molecule has 0 heterocycles. The fourth-order valence-electron chi connectivity index (χ4n) is 0.512. The molecule has 1 aromatic rings. The van der Waals surface area contributed by atoms with Crippen LogP contribution in [0.3, 0.4) is 0 Å². The van der Waals surface area contributed by atoms with Crippen molar-refractivity contribution in [2.24, 2.45) is 0 Å². The van der Waals surface area contributed by atoms with Crippen molar-refractivity contribution in [2.45, 2.75) is 4.90 Å². The molecule has 0 nitrogen and oxygen atoms in total. The van der Waals surface area contributed by atoms with Crippen LogP contribution in [0.5, 0.6) is 0 Å². The molecule has 5 heteroatoms. The molecule has 0 saturated carbocycles. The maximum absolute atomic E-state index is 4.30. The predicted octanol–water partition coefficient (Wildman–Crippen LogP) is 3.14. The molecule has 0 fully saturated rings. The Hall–Kier alpha value is 2.76. The van der Waals surface area contributed by atoms with Gasteiger partial charge in [-0.25, -0.2) is 0 Å². The van der Waals surface area contributed by atoms with Gasteiger partial charge >= 0.3 is 29.6 Å². The summed E-state index contributed by atoms with van der Waals surface area (Å²) < 4.78 is 3.77. The normalized spacial score (nSPS) is 9.09. The minimum absolute atomic E-state index is 0. The first-order valence-corrected chi connectivity index (χ1v) is 6.13. The fraction of sp³-hybridized carbons (Fsp3) is 0. The third-order valence-electron chi connectivity index (χ3n) is 0.990. The molecule has 0 aromatic heterocycles. The molecule has 0 radical (unpaired) electrons. The molecule has 0 spiro atoms. The summed E-state index contributed by atoms with van der Waals surface area (Å²) in [6, 6.07) is 4.21. The van der Waals surface area contributed by atoms with Crippen molar-refractivity contribution in [3.63, 3.8) is 0 Å². The van der Waals surface area contributed by atoms with Crippen molar-refractivity contribution in [2.75, 3.05) is 0 Å². The Balaban J connectivity index is 0.000001000. The molecule has 0 aliphatic rings. The van der Waals surface area contributed by atoms with Crippen molar-refractivity contribution < 1.29 is 0 Å². The van der Waals surface area contributed by atoms with Crippen molar-refractivity contribution in [1.29, 1.82) is 0 Å². The van der Waals surface area contributed by atoms with Crippen LogP contribution in [0.1, 0.15) is 0 Å². The first kappa shape index (κ1) is 13.8. The van der Waals surface area contributed by atoms with Crippen LogP contribution in [0.2, 0.25) is 0 Å². The SMILES string of the molecule is Sc1cc(I)c(I)cc1I.[NaH]. The molecule has 0 N–H and O–H groups in total. The Kier molecular flexibility index (Phi) is 7.86. The van der Waals surface area contributed by atoms with Gasteiger partial charge in [0.15, 0.2) is 0 Å². The van der Waals surface area contributed by atoms with Gasteiger partial charge in [0.25, 0.3) is 0 Å². The van der Waals surface area contributed by atoms with Crippen LogP contribution < -0.4 is 0 Å². The summed E-state index contributed by atoms with van der Waals surface area (Å²) in [5.74, 6) is 0. The van der Waals surface area contributed by atoms with Gasteiger partial charge in [-0.1, -0.05) is 0 Å². The van der Waals surface area contributed by atoms with Crippen LogP contribution in [0.4, 0.5) is 0 Å². The first-order chi connectivity index (χ1) is 4.61. The number of hydrogen-bond donors (Lipinski definition) is 1. The van der Waals surface area contributed by atoms with Crippen LogP contribution in [-0.4, -0.2) is 29.6 Å². The Morgan fingerprint density at radius 2 is 1.36 bits per heavy atom. The average Bonchev–Trinajstić information content (AvgIpc) is 1.84. The van der Waals surface area contributed by atoms with Crippen LogP contribution in [0.25, 0.3) is 0 Å². The quantitative estimate of drug-likeness (QED) is 0.235. The van der Waals surface area contributed by atoms with E-state index in [9.17, 15) is 0 Å². The number of rotatable bonds is 0. The second-order valence-electron chi connectivity index (χ2n) is 1.72. The van der Waals surface area contributed by atoms with Gasteiger partial charge in [0.05, 0.1) is 0 Å². The van der Waals surface area contributed by atoms with Gasteiger partial charge in [-0.2, -0.15) is 0 Å². The standard InChI is InChI=1S/C6H3I3S.Na.H/c7-3-1-5(9)6(10)2-4(3)8;;/h1-2,10H;;. The number of halogens is 3. The predicted molar refractivity (Wildman–Crippen MR) is 79.0 cm³/mol. The number of benzene rings is 1. The first-order valence-electron chi connectivity index (χ1n) is 2.45. The van der Waals surface area contributed by atoms with Crippen molar-refractivity contribution in [3.05, 3.63) is 22.8 Å². The van der Waals surface area contributed by atoms with Gasteiger partial charge in [0, 0.05) is 15.6 Å². The van der Waals surface area contributed by atoms with Crippen molar-refractivity contribution in [3.8, 4) is 0 Å². The van der Waals surface area contributed by atoms with Crippen LogP contribution in [-0.2, 0) is 0 Å². The topological polar surface area (TPSA) is 0 Å². The summed E-state index contributed by atoms with van der Waals surface area (Å²) in [6.07, 6.45) is 0. The Bertz CT molecular complexity index is 214. The van der Waals surface area contributed by atoms with Gasteiger partial charge in [0.2, 0.25) is 0 Å². The molecule has 0 bridgehead atoms. The molecular formula is C6H4I3NaS. The van der Waals surface area contributed by atoms with E-state index in [4.69, 9.17) is 0 Å². The zero-order chi connectivity index (χ0) is 7.72. The van der Waals surface area contributed by atoms with E-state index in [1.165, 1.54) is 10.7 Å². The second-order valence-corrected chi connectivity index (χ2v) is 5.69. The summed E-state index contributed by atoms with van der Waals surface area (Å²) in [7, 11) is 0. The summed E-state index contributed by atoms with van der Waals surface area (Å²) >= 11 is 11.2. The van der Waals surface area contributed by atoms with Crippen LogP contribution in [0, 0.1) is 10.7 Å². The minimum atomic E-state index is 0. The summed E-state index contributed by atoms with van der Waals surface area (Å²) in [4.78, 5) is 1.06. The van der Waals surface area contributed by atoms with Gasteiger partial charge in [-0.15, -0.1) is 12.6 Å². The van der Waals surface area contributed by atoms with E-state index in [0.717, 1.165) is 4.90 Å². The molecule has 56 valence electrons. The number of thiol groups is 1. The van der Waals surface area contributed by atoms with E-state index in [1.807, 2.05) is 0 Å². The van der Waals surface area contributed by atoms with E-state index in [2.05, 4.69) is 92.5 Å². The van der Waals surface area contributed by atoms with Gasteiger partial charge in [0.1, 0.15) is 0 Å². The molecule has 1 rings (SSSR count). The second kappa shape index (κ2) is 6.28. The zero-order valence-corrected chi connectivity index (χ0v) is 12.1. The molecule has 0 saturated heterocycles. The Labute approximate surface area is 135 Å². The molecule has 0 aliphatic heterocycles. The average molecular weight is 512 g/mol. The van der Waals surface area contributed by atoms with Gasteiger partial charge in [-0.3, -0.25) is 0 Å². The molecule has 0 aliphatic carbocycles. The third kappa shape index (κ3) is 4.20. The molecule has 0 atom stereocenters. The molecule has 0 amide bonds. The molecule has 11 heavy (non-hydrogen) atoms. The molecule has 0 unspecified atom stereocenters. The van der Waals surface area contributed by atoms with Gasteiger partial charge in [-0.05, 0) is 79.9 Å². The number of hydrogen-bond acceptors (Lipinski definition) is 1. The Morgan fingerprint density at radius 1 is 0.909 bits per heavy atom. The zero-order valence-electron chi connectivity index (χ0n) is 4.74. The summed E-state index contributed by atoms with van der Waals surface area (Å²) in [5, 5.41) is 0. The van der Waals surface area contributed by atoms with Crippen molar-refractivity contribution >= 4 is 110 Å². The summed E-state index contributed by atoms with van der Waals surface area (Å²) in [5.41, 5.74) is 0. The third-order valence-corrected chi connectivity index (χ3v) is 5.50. The monoisotopic (exact) mass is 512 g/mol.